The van der Waals surface area contributed by atoms with Crippen molar-refractivity contribution in [3.05, 3.63) is 24.0 Å². The van der Waals surface area contributed by atoms with Crippen molar-refractivity contribution < 1.29 is 9.53 Å². The number of carbonyl (C=O) groups is 1. The van der Waals surface area contributed by atoms with E-state index >= 15 is 0 Å². The lowest BCUT2D eigenvalue weighted by Crippen LogP contribution is -2.32. The number of allylic oxidation sites excluding steroid dienone is 1. The first-order valence-corrected chi connectivity index (χ1v) is 5.38. The quantitative estimate of drug-likeness (QED) is 0.748. The Bertz CT molecular complexity index is 305. The summed E-state index contributed by atoms with van der Waals surface area (Å²) in [5, 5.41) is 2.66. The maximum absolute atomic E-state index is 11.4. The molecule has 0 saturated carbocycles. The summed E-state index contributed by atoms with van der Waals surface area (Å²) >= 11 is 3.29. The molecule has 0 atom stereocenters. The lowest BCUT2D eigenvalue weighted by molar-refractivity contribution is 0.0547. The van der Waals surface area contributed by atoms with E-state index in [0.717, 1.165) is 5.70 Å². The summed E-state index contributed by atoms with van der Waals surface area (Å²) in [6.45, 7) is 6.20. The average Bonchev–Trinajstić information content (AvgIpc) is 2.05. The molecular weight excluding hydrogens is 260 g/mol. The first-order valence-electron chi connectivity index (χ1n) is 4.67. The average molecular weight is 275 g/mol. The number of nitrogens with one attached hydrogen (secondary N) is 1. The Balaban J connectivity index is 2.43. The highest BCUT2D eigenvalue weighted by Gasteiger charge is 2.16. The van der Waals surface area contributed by atoms with Crippen LogP contribution < -0.4 is 5.32 Å². The fourth-order valence-electron chi connectivity index (χ4n) is 0.990. The maximum atomic E-state index is 11.4. The van der Waals surface area contributed by atoms with Gasteiger partial charge < -0.3 is 8.66 Å². The van der Waals surface area contributed by atoms with E-state index in [2.05, 4.69) is 21.5 Å². The topological polar surface area (TPSA) is 41.6 Å². The van der Waals surface area contributed by atoms with Crippen LogP contribution in [0.3, 0.4) is 0 Å². The highest BCUT2D eigenvalue weighted by molar-refractivity contribution is 9.07. The first-order chi connectivity index (χ1) is 6.87. The third kappa shape index (κ3) is 4.88. The Labute approximate surface area is 98.3 Å². The van der Waals surface area contributed by atoms with Crippen LogP contribution in [0, 0.1) is 0 Å². The lowest BCUT2D eigenvalue weighted by atomic mass is 10.2. The van der Waals surface area contributed by atoms with Gasteiger partial charge in [0.05, 0.1) is 0 Å². The minimum Gasteiger partial charge on any atom is -0.444 e. The molecule has 15 heavy (non-hydrogen) atoms. The number of carbonyl (C=O) groups excluding carboxylic acids is 1. The lowest BCUT2D eigenvalue weighted by Gasteiger charge is -2.21. The second-order valence-electron chi connectivity index (χ2n) is 4.18. The number of halogens is 1. The minimum atomic E-state index is -0.468. The summed E-state index contributed by atoms with van der Waals surface area (Å²) in [6.07, 6.45) is 5.08. The maximum Gasteiger partial charge on any atom is 0.412 e. The van der Waals surface area contributed by atoms with Gasteiger partial charge in [0.15, 0.2) is 0 Å². The zero-order valence-electron chi connectivity index (χ0n) is 9.08. The van der Waals surface area contributed by atoms with Crippen LogP contribution in [0.4, 0.5) is 4.79 Å². The van der Waals surface area contributed by atoms with Gasteiger partial charge in [0.25, 0.3) is 0 Å². The molecule has 1 rings (SSSR count). The van der Waals surface area contributed by atoms with Crippen molar-refractivity contribution in [1.29, 1.82) is 0 Å². The van der Waals surface area contributed by atoms with E-state index in [1.807, 2.05) is 37.0 Å². The predicted octanol–water partition coefficient (Wildman–Crippen LogP) is 2.53. The molecule has 0 unspecified atom stereocenters. The fraction of sp³-hybridized carbons (Fsp3) is 0.500. The van der Waals surface area contributed by atoms with Gasteiger partial charge in [-0.3, -0.25) is 5.32 Å². The van der Waals surface area contributed by atoms with Gasteiger partial charge >= 0.3 is 6.09 Å². The normalized spacial score (nSPS) is 16.0. The minimum absolute atomic E-state index is 0.429. The summed E-state index contributed by atoms with van der Waals surface area (Å²) in [7, 11) is 0. The molecule has 1 heterocycles. The van der Waals surface area contributed by atoms with E-state index in [4.69, 9.17) is 4.74 Å². The molecule has 0 saturated heterocycles. The van der Waals surface area contributed by atoms with Crippen LogP contribution in [-0.4, -0.2) is 22.2 Å². The van der Waals surface area contributed by atoms with Gasteiger partial charge in [-0.1, -0.05) is 0 Å². The van der Waals surface area contributed by atoms with Crippen LogP contribution in [0.1, 0.15) is 20.8 Å². The van der Waals surface area contributed by atoms with Gasteiger partial charge in [0.1, 0.15) is 5.60 Å². The molecule has 1 aliphatic rings. The molecule has 0 aromatic heterocycles. The van der Waals surface area contributed by atoms with Gasteiger partial charge in [0, 0.05) is 34.6 Å². The molecule has 0 aromatic rings. The molecule has 1 aliphatic heterocycles. The van der Waals surface area contributed by atoms with Gasteiger partial charge in [-0.15, -0.1) is 0 Å². The molecule has 84 valence electrons. The van der Waals surface area contributed by atoms with E-state index in [9.17, 15) is 4.79 Å². The zero-order chi connectivity index (χ0) is 11.5. The Hall–Kier alpha value is -0.970. The van der Waals surface area contributed by atoms with Crippen molar-refractivity contribution in [2.24, 2.45) is 0 Å². The third-order valence-electron chi connectivity index (χ3n) is 1.55. The standard InChI is InChI=1S/C10H15BrN2O2/c1-10(2,3)15-9(14)12-8-4-6-13(11)7-5-8/h4-6H,7H2,1-3H3,(H,12,14). The summed E-state index contributed by atoms with van der Waals surface area (Å²) in [5.74, 6) is 0. The van der Waals surface area contributed by atoms with Crippen LogP contribution >= 0.6 is 16.1 Å². The monoisotopic (exact) mass is 274 g/mol. The van der Waals surface area contributed by atoms with Crippen molar-refractivity contribution in [3.8, 4) is 0 Å². The van der Waals surface area contributed by atoms with E-state index in [0.29, 0.717) is 6.54 Å². The number of hydrogen-bond donors (Lipinski definition) is 1. The number of hydrogen-bond acceptors (Lipinski definition) is 3. The first kappa shape index (κ1) is 12.1. The van der Waals surface area contributed by atoms with Crippen LogP contribution in [0.2, 0.25) is 0 Å². The molecule has 4 nitrogen and oxygen atoms in total. The van der Waals surface area contributed by atoms with Crippen molar-refractivity contribution in [3.63, 3.8) is 0 Å². The molecule has 0 aromatic carbocycles. The molecule has 0 bridgehead atoms. The predicted molar refractivity (Wildman–Crippen MR) is 62.2 cm³/mol. The number of nitrogens with zero attached hydrogens (tertiary/aromatic N) is 1. The smallest absolute Gasteiger partial charge is 0.412 e. The summed E-state index contributed by atoms with van der Waals surface area (Å²) in [6, 6.07) is 0. The van der Waals surface area contributed by atoms with E-state index in [-0.39, 0.29) is 0 Å². The summed E-state index contributed by atoms with van der Waals surface area (Å²) < 4.78 is 6.94. The Morgan fingerprint density at radius 3 is 2.73 bits per heavy atom. The van der Waals surface area contributed by atoms with E-state index < -0.39 is 11.7 Å². The van der Waals surface area contributed by atoms with Crippen LogP contribution in [0.5, 0.6) is 0 Å². The van der Waals surface area contributed by atoms with Gasteiger partial charge in [-0.05, 0) is 32.9 Å². The van der Waals surface area contributed by atoms with Crippen LogP contribution in [0.15, 0.2) is 24.0 Å². The third-order valence-corrected chi connectivity index (χ3v) is 2.07. The molecular formula is C10H15BrN2O2. The second kappa shape index (κ2) is 4.70. The molecule has 5 heteroatoms. The van der Waals surface area contributed by atoms with Crippen LogP contribution in [-0.2, 0) is 4.74 Å². The highest BCUT2D eigenvalue weighted by atomic mass is 79.9. The number of ether oxygens (including phenoxy) is 1. The van der Waals surface area contributed by atoms with Crippen molar-refractivity contribution in [2.45, 2.75) is 26.4 Å². The SMILES string of the molecule is CC(C)(C)OC(=O)NC1=CCN(Br)C=C1. The van der Waals surface area contributed by atoms with Crippen molar-refractivity contribution in [1.82, 2.24) is 9.24 Å². The molecule has 0 aliphatic carbocycles. The molecule has 0 spiro atoms. The van der Waals surface area contributed by atoms with E-state index in [1.165, 1.54) is 0 Å². The van der Waals surface area contributed by atoms with Gasteiger partial charge in [0.2, 0.25) is 0 Å². The summed E-state index contributed by atoms with van der Waals surface area (Å²) in [4.78, 5) is 11.4. The van der Waals surface area contributed by atoms with Crippen molar-refractivity contribution in [2.75, 3.05) is 6.54 Å². The molecule has 0 fully saturated rings. The van der Waals surface area contributed by atoms with E-state index in [1.54, 1.807) is 6.08 Å². The largest absolute Gasteiger partial charge is 0.444 e. The zero-order valence-corrected chi connectivity index (χ0v) is 10.7. The Morgan fingerprint density at radius 2 is 2.27 bits per heavy atom. The molecule has 0 radical (unpaired) electrons. The number of rotatable bonds is 1. The molecule has 1 amide bonds. The van der Waals surface area contributed by atoms with Crippen molar-refractivity contribution >= 4 is 22.2 Å². The highest BCUT2D eigenvalue weighted by Crippen LogP contribution is 2.10. The number of alkyl carbamates (subject to hydrolysis) is 1. The second-order valence-corrected chi connectivity index (χ2v) is 5.10. The Morgan fingerprint density at radius 1 is 1.60 bits per heavy atom. The summed E-state index contributed by atoms with van der Waals surface area (Å²) in [5.41, 5.74) is 0.282. The number of amides is 1. The Kier molecular flexibility index (Phi) is 3.79. The fourth-order valence-corrected chi connectivity index (χ4v) is 1.25. The van der Waals surface area contributed by atoms with Crippen LogP contribution in [0.25, 0.3) is 0 Å². The molecule has 1 N–H and O–H groups in total. The van der Waals surface area contributed by atoms with Gasteiger partial charge in [-0.2, -0.15) is 0 Å². The van der Waals surface area contributed by atoms with Gasteiger partial charge in [-0.25, -0.2) is 4.79 Å².